The number of carbonyl (C=O) groups excluding carboxylic acids is 2. The van der Waals surface area contributed by atoms with Gasteiger partial charge in [-0.3, -0.25) is 24.5 Å². The van der Waals surface area contributed by atoms with Gasteiger partial charge < -0.3 is 15.5 Å². The van der Waals surface area contributed by atoms with Crippen LogP contribution < -0.4 is 10.6 Å². The van der Waals surface area contributed by atoms with Crippen LogP contribution in [0, 0.1) is 0 Å². The SMILES string of the molecule is NCCC(=O)N1CCC2(CC1)C(=O)N(Cc1ncc3ccccc3c1-c1cccnc1)c1cnccc12. The molecular formula is C29H28N6O2. The number of nitrogens with two attached hydrogens (primary N) is 1. The number of piperidine rings is 1. The number of nitrogens with zero attached hydrogens (tertiary/aromatic N) is 5. The molecule has 1 spiro atoms. The lowest BCUT2D eigenvalue weighted by Gasteiger charge is -2.38. The maximum absolute atomic E-state index is 14.2. The van der Waals surface area contributed by atoms with Crippen LogP contribution in [0.15, 0.2) is 73.4 Å². The zero-order valence-electron chi connectivity index (χ0n) is 20.5. The van der Waals surface area contributed by atoms with E-state index in [1.807, 2.05) is 58.6 Å². The summed E-state index contributed by atoms with van der Waals surface area (Å²) in [6.07, 6.45) is 10.5. The number of pyridine rings is 3. The molecule has 2 aliphatic heterocycles. The van der Waals surface area contributed by atoms with E-state index in [1.54, 1.807) is 18.6 Å². The summed E-state index contributed by atoms with van der Waals surface area (Å²) < 4.78 is 0. The Labute approximate surface area is 215 Å². The summed E-state index contributed by atoms with van der Waals surface area (Å²) in [4.78, 5) is 43.8. The van der Waals surface area contributed by atoms with Crippen LogP contribution in [0.1, 0.15) is 30.5 Å². The van der Waals surface area contributed by atoms with E-state index in [0.717, 1.165) is 38.8 Å². The van der Waals surface area contributed by atoms with Crippen LogP contribution in [0.3, 0.4) is 0 Å². The molecule has 8 heteroatoms. The molecule has 6 rings (SSSR count). The maximum Gasteiger partial charge on any atom is 0.238 e. The van der Waals surface area contributed by atoms with Crippen molar-refractivity contribution < 1.29 is 9.59 Å². The molecule has 186 valence electrons. The number of aromatic nitrogens is 3. The fourth-order valence-corrected chi connectivity index (χ4v) is 5.86. The van der Waals surface area contributed by atoms with E-state index in [9.17, 15) is 9.59 Å². The zero-order chi connectivity index (χ0) is 25.4. The summed E-state index contributed by atoms with van der Waals surface area (Å²) in [6.45, 7) is 1.73. The molecule has 3 aromatic heterocycles. The highest BCUT2D eigenvalue weighted by atomic mass is 16.2. The molecule has 1 aromatic carbocycles. The van der Waals surface area contributed by atoms with Gasteiger partial charge in [-0.25, -0.2) is 0 Å². The average Bonchev–Trinajstić information content (AvgIpc) is 3.16. The molecule has 2 N–H and O–H groups in total. The summed E-state index contributed by atoms with van der Waals surface area (Å²) in [5, 5.41) is 2.10. The number of benzene rings is 1. The summed E-state index contributed by atoms with van der Waals surface area (Å²) in [6, 6.07) is 14.0. The van der Waals surface area contributed by atoms with Gasteiger partial charge in [0.15, 0.2) is 0 Å². The minimum absolute atomic E-state index is 0.0496. The quantitative estimate of drug-likeness (QED) is 0.458. The third-order valence-corrected chi connectivity index (χ3v) is 7.73. The predicted octanol–water partition coefficient (Wildman–Crippen LogP) is 3.45. The first-order valence-corrected chi connectivity index (χ1v) is 12.6. The van der Waals surface area contributed by atoms with Gasteiger partial charge in [0.05, 0.1) is 29.5 Å². The number of amides is 2. The van der Waals surface area contributed by atoms with Crippen molar-refractivity contribution in [2.45, 2.75) is 31.2 Å². The second kappa shape index (κ2) is 9.37. The topological polar surface area (TPSA) is 105 Å². The van der Waals surface area contributed by atoms with Crippen LogP contribution in [0.2, 0.25) is 0 Å². The van der Waals surface area contributed by atoms with Crippen molar-refractivity contribution in [3.8, 4) is 11.1 Å². The van der Waals surface area contributed by atoms with Crippen LogP contribution in [-0.4, -0.2) is 51.3 Å². The molecule has 2 amide bonds. The minimum Gasteiger partial charge on any atom is -0.343 e. The number of hydrogen-bond acceptors (Lipinski definition) is 6. The van der Waals surface area contributed by atoms with Gasteiger partial charge in [-0.2, -0.15) is 0 Å². The summed E-state index contributed by atoms with van der Waals surface area (Å²) >= 11 is 0. The Morgan fingerprint density at radius 2 is 1.78 bits per heavy atom. The zero-order valence-corrected chi connectivity index (χ0v) is 20.5. The van der Waals surface area contributed by atoms with Crippen LogP contribution in [0.4, 0.5) is 5.69 Å². The van der Waals surface area contributed by atoms with Crippen LogP contribution in [-0.2, 0) is 21.5 Å². The number of rotatable bonds is 5. The first kappa shape index (κ1) is 23.2. The van der Waals surface area contributed by atoms with Gasteiger partial charge in [0.2, 0.25) is 11.8 Å². The summed E-state index contributed by atoms with van der Waals surface area (Å²) in [5.41, 5.74) is 9.48. The highest BCUT2D eigenvalue weighted by Gasteiger charge is 2.52. The average molecular weight is 493 g/mol. The lowest BCUT2D eigenvalue weighted by molar-refractivity contribution is -0.135. The number of fused-ring (bicyclic) bond motifs is 3. The third-order valence-electron chi connectivity index (χ3n) is 7.73. The molecule has 0 saturated carbocycles. The fraction of sp³-hybridized carbons (Fsp3) is 0.276. The van der Waals surface area contributed by atoms with E-state index in [4.69, 9.17) is 10.7 Å². The highest BCUT2D eigenvalue weighted by Crippen LogP contribution is 2.48. The van der Waals surface area contributed by atoms with Crippen molar-refractivity contribution in [1.29, 1.82) is 0 Å². The van der Waals surface area contributed by atoms with Gasteiger partial charge >= 0.3 is 0 Å². The number of carbonyl (C=O) groups is 2. The largest absolute Gasteiger partial charge is 0.343 e. The van der Waals surface area contributed by atoms with E-state index >= 15 is 0 Å². The number of hydrogen-bond donors (Lipinski definition) is 1. The van der Waals surface area contributed by atoms with Gasteiger partial charge in [-0.15, -0.1) is 0 Å². The minimum atomic E-state index is -0.664. The molecule has 0 unspecified atom stereocenters. The van der Waals surface area contributed by atoms with E-state index < -0.39 is 5.41 Å². The van der Waals surface area contributed by atoms with E-state index in [0.29, 0.717) is 45.4 Å². The summed E-state index contributed by atoms with van der Waals surface area (Å²) in [7, 11) is 0. The van der Waals surface area contributed by atoms with Crippen molar-refractivity contribution >= 4 is 28.3 Å². The molecule has 8 nitrogen and oxygen atoms in total. The van der Waals surface area contributed by atoms with Crippen LogP contribution >= 0.6 is 0 Å². The molecule has 5 heterocycles. The van der Waals surface area contributed by atoms with Crippen molar-refractivity contribution in [3.05, 3.63) is 84.7 Å². The molecule has 0 aliphatic carbocycles. The molecule has 4 aromatic rings. The lowest BCUT2D eigenvalue weighted by atomic mass is 9.74. The summed E-state index contributed by atoms with van der Waals surface area (Å²) in [5.74, 6) is 0.101. The normalized spacial score (nSPS) is 16.4. The molecule has 0 bridgehead atoms. The van der Waals surface area contributed by atoms with E-state index in [2.05, 4.69) is 16.0 Å². The van der Waals surface area contributed by atoms with Gasteiger partial charge in [-0.1, -0.05) is 30.3 Å². The van der Waals surface area contributed by atoms with Gasteiger partial charge in [0.1, 0.15) is 0 Å². The van der Waals surface area contributed by atoms with Crippen LogP contribution in [0.5, 0.6) is 0 Å². The third kappa shape index (κ3) is 3.84. The van der Waals surface area contributed by atoms with Crippen LogP contribution in [0.25, 0.3) is 21.9 Å². The van der Waals surface area contributed by atoms with Gasteiger partial charge in [0, 0.05) is 67.4 Å². The Hall–Kier alpha value is -4.17. The maximum atomic E-state index is 14.2. The highest BCUT2D eigenvalue weighted by molar-refractivity contribution is 6.08. The Morgan fingerprint density at radius 3 is 2.57 bits per heavy atom. The molecule has 0 atom stereocenters. The lowest BCUT2D eigenvalue weighted by Crippen LogP contribution is -2.50. The number of anilines is 1. The molecule has 2 aliphatic rings. The van der Waals surface area contributed by atoms with Crippen molar-refractivity contribution in [2.24, 2.45) is 5.73 Å². The predicted molar refractivity (Wildman–Crippen MR) is 142 cm³/mol. The van der Waals surface area contributed by atoms with Crippen molar-refractivity contribution in [2.75, 3.05) is 24.5 Å². The van der Waals surface area contributed by atoms with Gasteiger partial charge in [-0.05, 0) is 35.9 Å². The van der Waals surface area contributed by atoms with E-state index in [1.165, 1.54) is 0 Å². The standard InChI is InChI=1S/C29H28N6O2/c30-11-7-26(36)34-14-9-29(10-15-34)23-8-13-32-18-25(23)35(28(29)37)19-24-27(21-5-3-12-31-16-21)22-6-2-1-4-20(22)17-33-24/h1-6,8,12-13,16-18H,7,9-11,14-15,19,30H2. The van der Waals surface area contributed by atoms with Crippen molar-refractivity contribution in [3.63, 3.8) is 0 Å². The second-order valence-electron chi connectivity index (χ2n) is 9.69. The van der Waals surface area contributed by atoms with Gasteiger partial charge in [0.25, 0.3) is 0 Å². The fourth-order valence-electron chi connectivity index (χ4n) is 5.86. The number of likely N-dealkylation sites (tertiary alicyclic amines) is 1. The first-order valence-electron chi connectivity index (χ1n) is 12.6. The smallest absolute Gasteiger partial charge is 0.238 e. The van der Waals surface area contributed by atoms with E-state index in [-0.39, 0.29) is 11.8 Å². The Morgan fingerprint density at radius 1 is 0.973 bits per heavy atom. The molecular weight excluding hydrogens is 464 g/mol. The second-order valence-corrected chi connectivity index (χ2v) is 9.69. The van der Waals surface area contributed by atoms with Crippen molar-refractivity contribution in [1.82, 2.24) is 19.9 Å². The monoisotopic (exact) mass is 492 g/mol. The Kier molecular flexibility index (Phi) is 5.88. The Bertz CT molecular complexity index is 1480. The molecule has 0 radical (unpaired) electrons. The Balaban J connectivity index is 1.39. The molecule has 37 heavy (non-hydrogen) atoms. The molecule has 1 fully saturated rings. The molecule has 1 saturated heterocycles. The first-order chi connectivity index (χ1) is 18.1.